The van der Waals surface area contributed by atoms with Gasteiger partial charge in [0.1, 0.15) is 0 Å². The first-order chi connectivity index (χ1) is 7.46. The summed E-state index contributed by atoms with van der Waals surface area (Å²) in [4.78, 5) is 0. The van der Waals surface area contributed by atoms with Crippen molar-refractivity contribution >= 4 is 17.3 Å². The van der Waals surface area contributed by atoms with Crippen molar-refractivity contribution in [1.29, 1.82) is 0 Å². The van der Waals surface area contributed by atoms with Crippen LogP contribution in [0.3, 0.4) is 0 Å². The first kappa shape index (κ1) is 13.3. The lowest BCUT2D eigenvalue weighted by atomic mass is 10.1. The number of nitrogens with one attached hydrogen (secondary N) is 1. The number of benzene rings is 1. The van der Waals surface area contributed by atoms with Crippen molar-refractivity contribution in [1.82, 2.24) is 0 Å². The number of anilines is 1. The molecule has 0 amide bonds. The van der Waals surface area contributed by atoms with Gasteiger partial charge in [0.25, 0.3) is 0 Å². The highest BCUT2D eigenvalue weighted by molar-refractivity contribution is 6.31. The summed E-state index contributed by atoms with van der Waals surface area (Å²) in [5.41, 5.74) is 0.224. The Morgan fingerprint density at radius 1 is 1.44 bits per heavy atom. The zero-order valence-corrected chi connectivity index (χ0v) is 10.6. The molecule has 1 aromatic carbocycles. The first-order valence-corrected chi connectivity index (χ1v) is 5.57. The molecule has 0 saturated carbocycles. The maximum absolute atomic E-state index is 13.5. The Morgan fingerprint density at radius 2 is 2.12 bits per heavy atom. The molecule has 0 bridgehead atoms. The molecule has 1 aromatic rings. The average molecular weight is 246 g/mol. The summed E-state index contributed by atoms with van der Waals surface area (Å²) in [6.45, 7) is 4.62. The molecule has 0 saturated heterocycles. The van der Waals surface area contributed by atoms with Gasteiger partial charge in [-0.15, -0.1) is 0 Å². The van der Waals surface area contributed by atoms with Crippen LogP contribution in [0.5, 0.6) is 0 Å². The molecule has 0 atom stereocenters. The third-order valence-corrected chi connectivity index (χ3v) is 2.84. The van der Waals surface area contributed by atoms with E-state index < -0.39 is 5.82 Å². The van der Waals surface area contributed by atoms with Crippen molar-refractivity contribution < 1.29 is 9.13 Å². The lowest BCUT2D eigenvalue weighted by molar-refractivity contribution is 0.0185. The second-order valence-electron chi connectivity index (χ2n) is 4.24. The number of hydrogen-bond acceptors (Lipinski definition) is 2. The molecule has 16 heavy (non-hydrogen) atoms. The van der Waals surface area contributed by atoms with E-state index in [9.17, 15) is 4.39 Å². The highest BCUT2D eigenvalue weighted by Gasteiger charge is 2.15. The van der Waals surface area contributed by atoms with Crippen molar-refractivity contribution in [3.63, 3.8) is 0 Å². The zero-order valence-electron chi connectivity index (χ0n) is 9.81. The maximum atomic E-state index is 13.5. The van der Waals surface area contributed by atoms with Crippen LogP contribution >= 0.6 is 11.6 Å². The number of rotatable bonds is 5. The molecule has 90 valence electrons. The van der Waals surface area contributed by atoms with Gasteiger partial charge in [0.2, 0.25) is 0 Å². The van der Waals surface area contributed by atoms with Crippen molar-refractivity contribution in [2.24, 2.45) is 0 Å². The lowest BCUT2D eigenvalue weighted by Crippen LogP contribution is -2.25. The normalized spacial score (nSPS) is 11.6. The molecular weight excluding hydrogens is 229 g/mol. The topological polar surface area (TPSA) is 21.3 Å². The zero-order chi connectivity index (χ0) is 12.2. The minimum absolute atomic E-state index is 0.135. The molecule has 0 aliphatic carbocycles. The van der Waals surface area contributed by atoms with Crippen molar-refractivity contribution in [3.05, 3.63) is 29.0 Å². The van der Waals surface area contributed by atoms with Crippen LogP contribution in [0.15, 0.2) is 18.2 Å². The second-order valence-corrected chi connectivity index (χ2v) is 4.65. The highest BCUT2D eigenvalue weighted by Crippen LogP contribution is 2.22. The number of halogens is 2. The van der Waals surface area contributed by atoms with Gasteiger partial charge >= 0.3 is 0 Å². The van der Waals surface area contributed by atoms with Gasteiger partial charge in [-0.1, -0.05) is 17.7 Å². The first-order valence-electron chi connectivity index (χ1n) is 5.19. The van der Waals surface area contributed by atoms with E-state index in [0.717, 1.165) is 6.42 Å². The lowest BCUT2D eigenvalue weighted by Gasteiger charge is -2.23. The molecule has 0 aromatic heterocycles. The average Bonchev–Trinajstić information content (AvgIpc) is 2.24. The smallest absolute Gasteiger partial charge is 0.164 e. The van der Waals surface area contributed by atoms with Crippen molar-refractivity contribution in [2.45, 2.75) is 25.9 Å². The van der Waals surface area contributed by atoms with E-state index in [4.69, 9.17) is 16.3 Å². The van der Waals surface area contributed by atoms with Crippen LogP contribution in [-0.4, -0.2) is 19.3 Å². The van der Waals surface area contributed by atoms with Gasteiger partial charge in [0, 0.05) is 13.7 Å². The molecule has 0 aliphatic heterocycles. The third kappa shape index (κ3) is 3.65. The summed E-state index contributed by atoms with van der Waals surface area (Å²) in [7, 11) is 1.67. The van der Waals surface area contributed by atoms with Gasteiger partial charge in [-0.2, -0.15) is 0 Å². The summed E-state index contributed by atoms with van der Waals surface area (Å²) in [5, 5.41) is 3.14. The van der Waals surface area contributed by atoms with Crippen LogP contribution in [0, 0.1) is 5.82 Å². The van der Waals surface area contributed by atoms with Gasteiger partial charge < -0.3 is 10.1 Å². The van der Waals surface area contributed by atoms with Crippen LogP contribution in [0.4, 0.5) is 10.1 Å². The van der Waals surface area contributed by atoms with E-state index >= 15 is 0 Å². The minimum Gasteiger partial charge on any atom is -0.383 e. The molecule has 1 rings (SSSR count). The fourth-order valence-electron chi connectivity index (χ4n) is 1.24. The van der Waals surface area contributed by atoms with Gasteiger partial charge in [-0.25, -0.2) is 4.39 Å². The Kier molecular flexibility index (Phi) is 4.56. The largest absolute Gasteiger partial charge is 0.383 e. The Bertz CT molecular complexity index is 355. The number of hydrogen-bond donors (Lipinski definition) is 1. The van der Waals surface area contributed by atoms with E-state index in [1.165, 1.54) is 6.07 Å². The molecule has 4 heteroatoms. The van der Waals surface area contributed by atoms with E-state index in [-0.39, 0.29) is 10.6 Å². The Hall–Kier alpha value is -0.800. The monoisotopic (exact) mass is 245 g/mol. The van der Waals surface area contributed by atoms with Crippen LogP contribution < -0.4 is 5.32 Å². The minimum atomic E-state index is -0.403. The summed E-state index contributed by atoms with van der Waals surface area (Å²) in [6, 6.07) is 4.91. The van der Waals surface area contributed by atoms with Crippen LogP contribution in [0.2, 0.25) is 5.02 Å². The SMILES string of the molecule is COC(C)(C)CCNc1cccc(Cl)c1F. The Balaban J connectivity index is 2.53. The number of methoxy groups -OCH3 is 1. The molecule has 0 spiro atoms. The molecule has 0 heterocycles. The highest BCUT2D eigenvalue weighted by atomic mass is 35.5. The quantitative estimate of drug-likeness (QED) is 0.854. The summed E-state index contributed by atoms with van der Waals surface area (Å²) < 4.78 is 18.7. The van der Waals surface area contributed by atoms with E-state index in [1.807, 2.05) is 13.8 Å². The standard InChI is InChI=1S/C12H17ClFNO/c1-12(2,16-3)7-8-15-10-6-4-5-9(13)11(10)14/h4-6,15H,7-8H2,1-3H3. The fraction of sp³-hybridized carbons (Fsp3) is 0.500. The number of ether oxygens (including phenoxy) is 1. The van der Waals surface area contributed by atoms with E-state index in [1.54, 1.807) is 19.2 Å². The van der Waals surface area contributed by atoms with Crippen molar-refractivity contribution in [3.8, 4) is 0 Å². The molecule has 0 unspecified atom stereocenters. The Labute approximate surface area is 101 Å². The molecular formula is C12H17ClFNO. The van der Waals surface area contributed by atoms with E-state index in [2.05, 4.69) is 5.32 Å². The summed E-state index contributed by atoms with van der Waals surface area (Å²) >= 11 is 5.67. The molecule has 0 radical (unpaired) electrons. The summed E-state index contributed by atoms with van der Waals surface area (Å²) in [6.07, 6.45) is 0.787. The van der Waals surface area contributed by atoms with Gasteiger partial charge in [0.05, 0.1) is 16.3 Å². The third-order valence-electron chi connectivity index (χ3n) is 2.55. The summed E-state index contributed by atoms with van der Waals surface area (Å²) in [5.74, 6) is -0.403. The second kappa shape index (κ2) is 5.51. The molecule has 1 N–H and O–H groups in total. The predicted molar refractivity (Wildman–Crippen MR) is 65.6 cm³/mol. The van der Waals surface area contributed by atoms with E-state index in [0.29, 0.717) is 12.2 Å². The van der Waals surface area contributed by atoms with Crippen LogP contribution in [-0.2, 0) is 4.74 Å². The Morgan fingerprint density at radius 3 is 2.75 bits per heavy atom. The van der Waals surface area contributed by atoms with Crippen LogP contribution in [0.25, 0.3) is 0 Å². The fourth-order valence-corrected chi connectivity index (χ4v) is 1.42. The van der Waals surface area contributed by atoms with Gasteiger partial charge in [-0.05, 0) is 32.4 Å². The predicted octanol–water partition coefficient (Wildman–Crippen LogP) is 3.71. The van der Waals surface area contributed by atoms with Gasteiger partial charge in [-0.3, -0.25) is 0 Å². The van der Waals surface area contributed by atoms with Gasteiger partial charge in [0.15, 0.2) is 5.82 Å². The molecule has 2 nitrogen and oxygen atoms in total. The molecule has 0 fully saturated rings. The maximum Gasteiger partial charge on any atom is 0.164 e. The van der Waals surface area contributed by atoms with Crippen LogP contribution in [0.1, 0.15) is 20.3 Å². The van der Waals surface area contributed by atoms with Crippen molar-refractivity contribution in [2.75, 3.05) is 19.0 Å². The molecule has 0 aliphatic rings.